The van der Waals surface area contributed by atoms with Crippen LogP contribution in [0.5, 0.6) is 0 Å². The number of anilines is 2. The molecule has 40 heavy (non-hydrogen) atoms. The number of aliphatic hydroxyl groups excluding tert-OH is 2. The second kappa shape index (κ2) is 8.53. The quantitative estimate of drug-likeness (QED) is 0.477. The smallest absolute Gasteiger partial charge is 0.211 e. The number of hydroxylamine groups is 1. The predicted molar refractivity (Wildman–Crippen MR) is 142 cm³/mol. The van der Waals surface area contributed by atoms with Crippen LogP contribution in [0.2, 0.25) is 0 Å². The van der Waals surface area contributed by atoms with Gasteiger partial charge in [0, 0.05) is 28.4 Å². The zero-order valence-electron chi connectivity index (χ0n) is 22.7. The van der Waals surface area contributed by atoms with Gasteiger partial charge in [-0.2, -0.15) is 0 Å². The molecule has 3 N–H and O–H groups in total. The second-order valence-electron chi connectivity index (χ2n) is 12.7. The third-order valence-corrected chi connectivity index (χ3v) is 11.3. The fourth-order valence-electron chi connectivity index (χ4n) is 9.27. The van der Waals surface area contributed by atoms with Crippen LogP contribution in [-0.2, 0) is 19.2 Å². The highest BCUT2D eigenvalue weighted by Gasteiger charge is 2.83. The third-order valence-electron chi connectivity index (χ3n) is 11.3. The Bertz CT molecular complexity index is 1350. The molecule has 214 valence electrons. The average molecular weight is 557 g/mol. The molecule has 0 unspecified atom stereocenters. The van der Waals surface area contributed by atoms with Crippen molar-refractivity contribution in [1.82, 2.24) is 0 Å². The number of Topliss-reactive ketones (excluding diaryl/α,β-unsaturated/α-hetero) is 1. The topological polar surface area (TPSA) is 116 Å². The van der Waals surface area contributed by atoms with Crippen LogP contribution in [0.1, 0.15) is 40.0 Å². The summed E-state index contributed by atoms with van der Waals surface area (Å²) in [5.74, 6) is -2.45. The fourth-order valence-corrected chi connectivity index (χ4v) is 9.27. The number of amides is 1. The van der Waals surface area contributed by atoms with Gasteiger partial charge in [-0.25, -0.2) is 8.78 Å². The van der Waals surface area contributed by atoms with Crippen molar-refractivity contribution in [3.05, 3.63) is 48.1 Å². The highest BCUT2D eigenvalue weighted by atomic mass is 19.1. The first-order chi connectivity index (χ1) is 18.8. The van der Waals surface area contributed by atoms with E-state index in [9.17, 15) is 24.6 Å². The Morgan fingerprint density at radius 1 is 1.23 bits per heavy atom. The van der Waals surface area contributed by atoms with E-state index in [2.05, 4.69) is 5.32 Å². The molecule has 1 amide bonds. The number of nitrogens with one attached hydrogen (secondary N) is 1. The zero-order chi connectivity index (χ0) is 28.9. The van der Waals surface area contributed by atoms with Gasteiger partial charge in [0.05, 0.1) is 18.3 Å². The second-order valence-corrected chi connectivity index (χ2v) is 12.7. The molecule has 3 saturated carbocycles. The predicted octanol–water partition coefficient (Wildman–Crippen LogP) is 3.24. The Labute approximate surface area is 231 Å². The maximum atomic E-state index is 17.7. The van der Waals surface area contributed by atoms with E-state index in [1.807, 2.05) is 6.92 Å². The molecule has 4 aliphatic carbocycles. The fraction of sp³-hybridized carbons (Fsp3) is 0.567. The maximum absolute atomic E-state index is 17.7. The number of benzene rings is 1. The Balaban J connectivity index is 1.45. The van der Waals surface area contributed by atoms with E-state index in [0.29, 0.717) is 24.2 Å². The normalized spacial score (nSPS) is 45.2. The molecule has 1 aromatic carbocycles. The summed E-state index contributed by atoms with van der Waals surface area (Å²) in [6.07, 6.45) is 1.07. The molecule has 1 saturated heterocycles. The van der Waals surface area contributed by atoms with Crippen LogP contribution < -0.4 is 10.4 Å². The number of aliphatic hydroxyl groups is 2. The molecule has 4 fully saturated rings. The van der Waals surface area contributed by atoms with E-state index in [1.165, 1.54) is 12.2 Å². The van der Waals surface area contributed by atoms with Crippen molar-refractivity contribution >= 4 is 29.4 Å². The summed E-state index contributed by atoms with van der Waals surface area (Å²) in [5, 5.41) is 26.0. The minimum absolute atomic E-state index is 0.0410. The summed E-state index contributed by atoms with van der Waals surface area (Å²) in [6.45, 7) is 4.65. The van der Waals surface area contributed by atoms with E-state index in [-0.39, 0.29) is 25.0 Å². The van der Waals surface area contributed by atoms with Gasteiger partial charge in [0.15, 0.2) is 22.8 Å². The lowest BCUT2D eigenvalue weighted by Gasteiger charge is -2.67. The van der Waals surface area contributed by atoms with E-state index >= 15 is 8.78 Å². The number of halogens is 2. The number of rotatable bonds is 5. The summed E-state index contributed by atoms with van der Waals surface area (Å²) >= 11 is 0. The van der Waals surface area contributed by atoms with Crippen LogP contribution in [0, 0.1) is 28.1 Å². The lowest BCUT2D eigenvalue weighted by Crippen LogP contribution is -2.73. The summed E-state index contributed by atoms with van der Waals surface area (Å²) in [5.41, 5.74) is -6.33. The molecule has 1 aliphatic heterocycles. The van der Waals surface area contributed by atoms with Crippen molar-refractivity contribution in [3.63, 3.8) is 0 Å². The third kappa shape index (κ3) is 3.02. The van der Waals surface area contributed by atoms with Crippen molar-refractivity contribution in [2.45, 2.75) is 63.6 Å². The average Bonchev–Trinajstić information content (AvgIpc) is 3.38. The van der Waals surface area contributed by atoms with Gasteiger partial charge < -0.3 is 15.5 Å². The largest absolute Gasteiger partial charge is 0.390 e. The van der Waals surface area contributed by atoms with E-state index in [0.717, 1.165) is 6.08 Å². The summed E-state index contributed by atoms with van der Waals surface area (Å²) < 4.78 is 33.5. The number of nitrogens with zero attached hydrogens (tertiary/aromatic N) is 1. The number of ketones is 2. The molecule has 8 nitrogen and oxygen atoms in total. The molecule has 0 spiro atoms. The summed E-state index contributed by atoms with van der Waals surface area (Å²) in [7, 11) is 0. The van der Waals surface area contributed by atoms with Gasteiger partial charge in [0.25, 0.3) is 0 Å². The SMILES string of the molecule is C[C@]12C[C@H](O)[C@@]3(F)[C@@H](C[C@H](F)C4=CC(=O)C=C[C@@]43C)[C@]1(C)C[C@H]1CN(c3ccc(NC=O)cc3)O[C@]12C(=O)CO. The maximum Gasteiger partial charge on any atom is 0.211 e. The van der Waals surface area contributed by atoms with Crippen molar-refractivity contribution in [2.75, 3.05) is 23.5 Å². The minimum Gasteiger partial charge on any atom is -0.390 e. The van der Waals surface area contributed by atoms with Gasteiger partial charge in [-0.3, -0.25) is 24.3 Å². The Morgan fingerprint density at radius 2 is 1.93 bits per heavy atom. The zero-order valence-corrected chi connectivity index (χ0v) is 22.7. The Morgan fingerprint density at radius 3 is 2.58 bits per heavy atom. The van der Waals surface area contributed by atoms with Crippen LogP contribution in [0.4, 0.5) is 20.2 Å². The minimum atomic E-state index is -2.30. The highest BCUT2D eigenvalue weighted by molar-refractivity contribution is 6.01. The van der Waals surface area contributed by atoms with Crippen molar-refractivity contribution < 1.29 is 38.2 Å². The van der Waals surface area contributed by atoms with Gasteiger partial charge in [-0.15, -0.1) is 0 Å². The molecule has 6 rings (SSSR count). The van der Waals surface area contributed by atoms with Crippen molar-refractivity contribution in [1.29, 1.82) is 0 Å². The molecule has 5 aliphatic rings. The van der Waals surface area contributed by atoms with Gasteiger partial charge in [-0.1, -0.05) is 19.9 Å². The number of allylic oxidation sites excluding steroid dienone is 4. The summed E-state index contributed by atoms with van der Waals surface area (Å²) in [6, 6.07) is 6.84. The van der Waals surface area contributed by atoms with E-state index < -0.39 is 69.8 Å². The van der Waals surface area contributed by atoms with Crippen LogP contribution in [0.15, 0.2) is 48.1 Å². The first kappa shape index (κ1) is 27.2. The first-order valence-corrected chi connectivity index (χ1v) is 13.7. The Kier molecular flexibility index (Phi) is 5.81. The molecule has 10 heteroatoms. The lowest BCUT2D eigenvalue weighted by molar-refractivity contribution is -0.256. The number of hydrogen-bond donors (Lipinski definition) is 3. The van der Waals surface area contributed by atoms with E-state index in [4.69, 9.17) is 4.84 Å². The number of carbonyl (C=O) groups excluding carboxylic acids is 3. The van der Waals surface area contributed by atoms with Gasteiger partial charge >= 0.3 is 0 Å². The van der Waals surface area contributed by atoms with E-state index in [1.54, 1.807) is 43.2 Å². The number of hydrogen-bond acceptors (Lipinski definition) is 7. The van der Waals surface area contributed by atoms with Crippen LogP contribution in [-0.4, -0.2) is 64.9 Å². The van der Waals surface area contributed by atoms with Gasteiger partial charge in [-0.05, 0) is 73.6 Å². The molecule has 0 aromatic heterocycles. The number of fused-ring (bicyclic) bond motifs is 7. The number of alkyl halides is 2. The monoisotopic (exact) mass is 556 g/mol. The molecule has 1 heterocycles. The number of carbonyl (C=O) groups is 3. The molecule has 9 atom stereocenters. The van der Waals surface area contributed by atoms with Crippen LogP contribution in [0.3, 0.4) is 0 Å². The summed E-state index contributed by atoms with van der Waals surface area (Å²) in [4.78, 5) is 43.1. The standard InChI is InChI=1S/C30H34F2N2O6/c1-26-9-8-20(37)10-21(26)22(31)11-23-27(2)12-17-14-34(19-6-4-18(5-7-19)33-16-36)40-30(17,25(39)15-35)28(27,3)13-24(38)29(23,26)32/h4-10,16-17,22-24,35,38H,11-15H2,1-3H3,(H,33,36)/t17-,22-,23-,24-,26-,27-,28-,29-,30-/m0/s1. The molecule has 1 aromatic rings. The van der Waals surface area contributed by atoms with Crippen LogP contribution in [0.25, 0.3) is 0 Å². The molecule has 0 radical (unpaired) electrons. The molecular weight excluding hydrogens is 522 g/mol. The lowest BCUT2D eigenvalue weighted by atomic mass is 9.39. The van der Waals surface area contributed by atoms with Crippen LogP contribution >= 0.6 is 0 Å². The van der Waals surface area contributed by atoms with Crippen molar-refractivity contribution in [3.8, 4) is 0 Å². The molecule has 0 bridgehead atoms. The molecular formula is C30H34F2N2O6. The van der Waals surface area contributed by atoms with Crippen molar-refractivity contribution in [2.24, 2.45) is 28.1 Å². The highest BCUT2D eigenvalue weighted by Crippen LogP contribution is 2.77. The first-order valence-electron chi connectivity index (χ1n) is 13.7. The van der Waals surface area contributed by atoms with Gasteiger partial charge in [0.1, 0.15) is 12.8 Å². The van der Waals surface area contributed by atoms with Gasteiger partial charge in [0.2, 0.25) is 6.41 Å². The Hall–Kier alpha value is -2.95.